The highest BCUT2D eigenvalue weighted by atomic mass is 32.2. The lowest BCUT2D eigenvalue weighted by Gasteiger charge is -2.30. The smallest absolute Gasteiger partial charge is 0.265 e. The third-order valence-electron chi connectivity index (χ3n) is 5.15. The molecule has 0 spiro atoms. The number of carbonyl (C=O) groups is 2. The van der Waals surface area contributed by atoms with Gasteiger partial charge in [-0.2, -0.15) is 0 Å². The molecule has 1 heterocycles. The van der Waals surface area contributed by atoms with E-state index in [4.69, 9.17) is 4.74 Å². The number of nitrogens with zero attached hydrogens (tertiary/aromatic N) is 1. The monoisotopic (exact) mass is 462 g/mol. The number of carbonyl (C=O) groups excluding carboxylic acids is 2. The van der Waals surface area contributed by atoms with Crippen molar-refractivity contribution >= 4 is 35.3 Å². The lowest BCUT2D eigenvalue weighted by molar-refractivity contribution is -0.114. The number of thioether (sulfide) groups is 1. The highest BCUT2D eigenvalue weighted by Gasteiger charge is 2.29. The van der Waals surface area contributed by atoms with Crippen molar-refractivity contribution in [1.29, 1.82) is 0 Å². The van der Waals surface area contributed by atoms with Gasteiger partial charge in [-0.15, -0.1) is 0 Å². The Hall–Kier alpha value is -3.42. The standard InChI is InChI=1S/C26H23FN2O3S/c1-32-15-14-28-25(30)20-10-6-18(7-11-20)16-24-26(31)29(17-19-8-12-21(27)13-9-19)22-4-2-3-5-23(22)33-24/h2-13,16H,14-15,17H2,1H3,(H,28,30)/b24-16-. The number of para-hydroxylation sites is 1. The Morgan fingerprint density at radius 2 is 1.79 bits per heavy atom. The van der Waals surface area contributed by atoms with Gasteiger partial charge in [0.05, 0.1) is 23.7 Å². The molecular weight excluding hydrogens is 439 g/mol. The van der Waals surface area contributed by atoms with Gasteiger partial charge in [0.2, 0.25) is 0 Å². The van der Waals surface area contributed by atoms with Crippen LogP contribution in [0.4, 0.5) is 10.1 Å². The molecule has 0 radical (unpaired) electrons. The van der Waals surface area contributed by atoms with E-state index in [0.717, 1.165) is 21.7 Å². The quantitative estimate of drug-likeness (QED) is 0.402. The number of halogens is 1. The van der Waals surface area contributed by atoms with Crippen LogP contribution in [-0.4, -0.2) is 32.1 Å². The molecule has 1 aliphatic heterocycles. The van der Waals surface area contributed by atoms with E-state index in [2.05, 4.69) is 5.32 Å². The number of fused-ring (bicyclic) bond motifs is 1. The first-order valence-corrected chi connectivity index (χ1v) is 11.3. The third kappa shape index (κ3) is 5.50. The molecule has 3 aromatic rings. The molecule has 3 aromatic carbocycles. The van der Waals surface area contributed by atoms with Crippen molar-refractivity contribution in [3.63, 3.8) is 0 Å². The zero-order valence-corrected chi connectivity index (χ0v) is 18.9. The molecule has 0 unspecified atom stereocenters. The lowest BCUT2D eigenvalue weighted by Crippen LogP contribution is -2.33. The second-order valence-corrected chi connectivity index (χ2v) is 8.55. The van der Waals surface area contributed by atoms with Crippen molar-refractivity contribution in [2.75, 3.05) is 25.2 Å². The topological polar surface area (TPSA) is 58.6 Å². The number of ether oxygens (including phenoxy) is 1. The number of nitrogens with one attached hydrogen (secondary N) is 1. The summed E-state index contributed by atoms with van der Waals surface area (Å²) < 4.78 is 18.3. The summed E-state index contributed by atoms with van der Waals surface area (Å²) in [4.78, 5) is 28.8. The number of hydrogen-bond acceptors (Lipinski definition) is 4. The van der Waals surface area contributed by atoms with Crippen molar-refractivity contribution < 1.29 is 18.7 Å². The first-order chi connectivity index (χ1) is 16.0. The summed E-state index contributed by atoms with van der Waals surface area (Å²) in [7, 11) is 1.58. The van der Waals surface area contributed by atoms with Crippen LogP contribution < -0.4 is 10.2 Å². The van der Waals surface area contributed by atoms with E-state index in [0.29, 0.717) is 30.2 Å². The zero-order valence-electron chi connectivity index (χ0n) is 18.1. The van der Waals surface area contributed by atoms with Gasteiger partial charge in [-0.05, 0) is 53.6 Å². The number of amides is 2. The predicted molar refractivity (Wildman–Crippen MR) is 129 cm³/mol. The summed E-state index contributed by atoms with van der Waals surface area (Å²) >= 11 is 1.42. The van der Waals surface area contributed by atoms with Crippen LogP contribution in [0.15, 0.2) is 82.6 Å². The second-order valence-electron chi connectivity index (χ2n) is 7.47. The maximum absolute atomic E-state index is 13.4. The van der Waals surface area contributed by atoms with Crippen molar-refractivity contribution in [3.8, 4) is 0 Å². The first-order valence-electron chi connectivity index (χ1n) is 10.5. The lowest BCUT2D eigenvalue weighted by atomic mass is 10.1. The largest absolute Gasteiger partial charge is 0.383 e. The minimum atomic E-state index is -0.309. The molecule has 7 heteroatoms. The molecule has 33 heavy (non-hydrogen) atoms. The number of hydrogen-bond donors (Lipinski definition) is 1. The van der Waals surface area contributed by atoms with E-state index >= 15 is 0 Å². The number of methoxy groups -OCH3 is 1. The Bertz CT molecular complexity index is 1180. The van der Waals surface area contributed by atoms with Crippen LogP contribution in [0.25, 0.3) is 6.08 Å². The molecule has 0 aromatic heterocycles. The van der Waals surface area contributed by atoms with Crippen LogP contribution in [0, 0.1) is 5.82 Å². The molecular formula is C26H23FN2O3S. The molecule has 1 N–H and O–H groups in total. The molecule has 1 aliphatic rings. The van der Waals surface area contributed by atoms with Crippen molar-refractivity contribution in [2.45, 2.75) is 11.4 Å². The average molecular weight is 463 g/mol. The molecule has 0 aliphatic carbocycles. The summed E-state index contributed by atoms with van der Waals surface area (Å²) in [6.45, 7) is 1.23. The molecule has 5 nitrogen and oxygen atoms in total. The van der Waals surface area contributed by atoms with Gasteiger partial charge in [-0.1, -0.05) is 48.2 Å². The Kier molecular flexibility index (Phi) is 7.22. The van der Waals surface area contributed by atoms with Crippen LogP contribution in [-0.2, 0) is 16.1 Å². The molecule has 0 saturated heterocycles. The van der Waals surface area contributed by atoms with Crippen LogP contribution in [0.3, 0.4) is 0 Å². The molecule has 168 valence electrons. The Balaban J connectivity index is 1.57. The van der Waals surface area contributed by atoms with Crippen LogP contribution in [0.1, 0.15) is 21.5 Å². The van der Waals surface area contributed by atoms with Crippen molar-refractivity contribution in [3.05, 3.63) is 100 Å². The molecule has 0 atom stereocenters. The third-order valence-corrected chi connectivity index (χ3v) is 6.23. The maximum atomic E-state index is 13.4. The molecule has 0 bridgehead atoms. The highest BCUT2D eigenvalue weighted by Crippen LogP contribution is 2.42. The van der Waals surface area contributed by atoms with Gasteiger partial charge >= 0.3 is 0 Å². The molecule has 2 amide bonds. The zero-order chi connectivity index (χ0) is 23.2. The second kappa shape index (κ2) is 10.5. The summed E-state index contributed by atoms with van der Waals surface area (Å²) in [6.07, 6.45) is 1.83. The summed E-state index contributed by atoms with van der Waals surface area (Å²) in [5.41, 5.74) is 3.03. The van der Waals surface area contributed by atoms with Gasteiger partial charge in [0, 0.05) is 24.1 Å². The Morgan fingerprint density at radius 1 is 1.06 bits per heavy atom. The van der Waals surface area contributed by atoms with E-state index in [9.17, 15) is 14.0 Å². The molecule has 0 saturated carbocycles. The predicted octanol–water partition coefficient (Wildman–Crippen LogP) is 4.88. The fourth-order valence-electron chi connectivity index (χ4n) is 3.44. The van der Waals surface area contributed by atoms with Crippen LogP contribution >= 0.6 is 11.8 Å². The van der Waals surface area contributed by atoms with Crippen molar-refractivity contribution in [2.24, 2.45) is 0 Å². The van der Waals surface area contributed by atoms with E-state index < -0.39 is 0 Å². The molecule has 0 fully saturated rings. The SMILES string of the molecule is COCCNC(=O)c1ccc(/C=C2\Sc3ccccc3N(Cc3ccc(F)cc3)C2=O)cc1. The highest BCUT2D eigenvalue weighted by molar-refractivity contribution is 8.04. The van der Waals surface area contributed by atoms with Gasteiger partial charge in [0.1, 0.15) is 5.82 Å². The van der Waals surface area contributed by atoms with Crippen LogP contribution in [0.2, 0.25) is 0 Å². The summed E-state index contributed by atoms with van der Waals surface area (Å²) in [5.74, 6) is -0.603. The number of rotatable bonds is 7. The molecule has 4 rings (SSSR count). The van der Waals surface area contributed by atoms with Crippen LogP contribution in [0.5, 0.6) is 0 Å². The van der Waals surface area contributed by atoms with Gasteiger partial charge in [0.25, 0.3) is 11.8 Å². The summed E-state index contributed by atoms with van der Waals surface area (Å²) in [6, 6.07) is 21.0. The summed E-state index contributed by atoms with van der Waals surface area (Å²) in [5, 5.41) is 2.78. The maximum Gasteiger partial charge on any atom is 0.265 e. The van der Waals surface area contributed by atoms with Gasteiger partial charge in [-0.25, -0.2) is 4.39 Å². The minimum Gasteiger partial charge on any atom is -0.383 e. The fraction of sp³-hybridized carbons (Fsp3) is 0.154. The van der Waals surface area contributed by atoms with E-state index in [1.807, 2.05) is 42.5 Å². The van der Waals surface area contributed by atoms with E-state index in [1.165, 1.54) is 23.9 Å². The van der Waals surface area contributed by atoms with Gasteiger partial charge < -0.3 is 15.0 Å². The normalized spacial score (nSPS) is 14.3. The number of anilines is 1. The average Bonchev–Trinajstić information content (AvgIpc) is 2.83. The Morgan fingerprint density at radius 3 is 2.52 bits per heavy atom. The Labute approximate surface area is 196 Å². The van der Waals surface area contributed by atoms with Crippen molar-refractivity contribution in [1.82, 2.24) is 5.32 Å². The number of benzene rings is 3. The van der Waals surface area contributed by atoms with Gasteiger partial charge in [0.15, 0.2) is 0 Å². The van der Waals surface area contributed by atoms with E-state index in [1.54, 1.807) is 36.3 Å². The first kappa shape index (κ1) is 22.8. The minimum absolute atomic E-state index is 0.121. The fourth-order valence-corrected chi connectivity index (χ4v) is 4.50. The van der Waals surface area contributed by atoms with Gasteiger partial charge in [-0.3, -0.25) is 9.59 Å². The van der Waals surface area contributed by atoms with E-state index in [-0.39, 0.29) is 17.6 Å².